The van der Waals surface area contributed by atoms with Gasteiger partial charge in [-0.3, -0.25) is 14.1 Å². The van der Waals surface area contributed by atoms with Crippen LogP contribution in [0.3, 0.4) is 0 Å². The lowest BCUT2D eigenvalue weighted by molar-refractivity contribution is -0.274. The van der Waals surface area contributed by atoms with E-state index in [1.165, 1.54) is 12.1 Å². The minimum Gasteiger partial charge on any atom is -0.406 e. The van der Waals surface area contributed by atoms with Gasteiger partial charge in [0.2, 0.25) is 0 Å². The molecule has 3 aromatic carbocycles. The first-order valence-corrected chi connectivity index (χ1v) is 12.6. The Morgan fingerprint density at radius 1 is 1.00 bits per heavy atom. The molecule has 2 N–H and O–H groups in total. The summed E-state index contributed by atoms with van der Waals surface area (Å²) in [6.07, 6.45) is -4.25. The maximum Gasteiger partial charge on any atom is 0.573 e. The molecule has 0 bridgehead atoms. The Morgan fingerprint density at radius 2 is 1.76 bits per heavy atom. The number of rotatable bonds is 4. The number of ether oxygens (including phenoxy) is 1. The lowest BCUT2D eigenvalue weighted by Crippen LogP contribution is -2.27. The predicted molar refractivity (Wildman–Crippen MR) is 131 cm³/mol. The largest absolute Gasteiger partial charge is 0.573 e. The molecule has 0 fully saturated rings. The molecule has 1 aliphatic rings. The summed E-state index contributed by atoms with van der Waals surface area (Å²) in [7, 11) is -4.15. The Morgan fingerprint density at radius 3 is 2.51 bits per heavy atom. The van der Waals surface area contributed by atoms with Crippen LogP contribution < -0.4 is 15.0 Å². The zero-order valence-electron chi connectivity index (χ0n) is 18.8. The molecule has 37 heavy (non-hydrogen) atoms. The van der Waals surface area contributed by atoms with Crippen LogP contribution in [0.15, 0.2) is 76.4 Å². The number of aromatic nitrogens is 3. The fraction of sp³-hybridized carbons (Fsp3) is 0.120. The number of halogens is 3. The second-order valence-electron chi connectivity index (χ2n) is 8.52. The number of hydrogen-bond acceptors (Lipinski definition) is 5. The van der Waals surface area contributed by atoms with Crippen LogP contribution in [0.2, 0.25) is 0 Å². The highest BCUT2D eigenvalue weighted by Crippen LogP contribution is 2.33. The van der Waals surface area contributed by atoms with Gasteiger partial charge in [-0.15, -0.1) is 13.2 Å². The summed E-state index contributed by atoms with van der Waals surface area (Å²) < 4.78 is 70.4. The van der Waals surface area contributed by atoms with Crippen LogP contribution in [0.1, 0.15) is 5.56 Å². The average molecular weight is 526 g/mol. The van der Waals surface area contributed by atoms with Crippen LogP contribution in [-0.4, -0.2) is 29.3 Å². The van der Waals surface area contributed by atoms with Crippen molar-refractivity contribution >= 4 is 37.5 Å². The van der Waals surface area contributed by atoms with E-state index in [1.807, 2.05) is 24.3 Å². The van der Waals surface area contributed by atoms with E-state index in [-0.39, 0.29) is 21.5 Å². The number of para-hydroxylation sites is 1. The van der Waals surface area contributed by atoms with Crippen molar-refractivity contribution in [3.63, 3.8) is 0 Å². The van der Waals surface area contributed by atoms with Crippen molar-refractivity contribution in [1.82, 2.24) is 14.5 Å². The zero-order chi connectivity index (χ0) is 25.9. The molecule has 3 heterocycles. The van der Waals surface area contributed by atoms with Crippen molar-refractivity contribution in [2.75, 3.05) is 4.72 Å². The van der Waals surface area contributed by atoms with Crippen LogP contribution in [0.4, 0.5) is 18.9 Å². The number of nitrogens with one attached hydrogen (secondary N) is 2. The van der Waals surface area contributed by atoms with E-state index in [0.29, 0.717) is 24.3 Å². The molecule has 0 saturated carbocycles. The summed E-state index contributed by atoms with van der Waals surface area (Å²) in [4.78, 5) is 21.1. The van der Waals surface area contributed by atoms with Gasteiger partial charge in [0, 0.05) is 23.1 Å². The van der Waals surface area contributed by atoms with Crippen molar-refractivity contribution in [3.8, 4) is 17.3 Å². The summed E-state index contributed by atoms with van der Waals surface area (Å²) in [5.74, 6) is -0.0245. The van der Waals surface area contributed by atoms with E-state index in [1.54, 1.807) is 10.6 Å². The second-order valence-corrected chi connectivity index (χ2v) is 10.2. The average Bonchev–Trinajstić information content (AvgIpc) is 3.23. The molecule has 8 nitrogen and oxygen atoms in total. The molecule has 188 valence electrons. The van der Waals surface area contributed by atoms with E-state index < -0.39 is 22.1 Å². The number of hydrogen-bond donors (Lipinski definition) is 2. The van der Waals surface area contributed by atoms with Gasteiger partial charge in [0.25, 0.3) is 15.6 Å². The van der Waals surface area contributed by atoms with Gasteiger partial charge >= 0.3 is 6.36 Å². The number of nitrogens with zero attached hydrogens (tertiary/aromatic N) is 2. The SMILES string of the molecule is O=c1c2cc(NS(=O)(=O)c3ccc(OC(F)(F)F)cc3)ccc2nc2n1CCc1c-2[nH]c2ccccc12. The summed E-state index contributed by atoms with van der Waals surface area (Å²) in [5, 5.41) is 1.32. The number of fused-ring (bicyclic) bond motifs is 6. The molecule has 0 radical (unpaired) electrons. The van der Waals surface area contributed by atoms with Gasteiger partial charge in [-0.05, 0) is 60.5 Å². The van der Waals surface area contributed by atoms with E-state index in [0.717, 1.165) is 46.4 Å². The summed E-state index contributed by atoms with van der Waals surface area (Å²) in [5.41, 5.74) is 3.05. The van der Waals surface area contributed by atoms with Crippen molar-refractivity contribution in [2.24, 2.45) is 0 Å². The molecule has 0 spiro atoms. The summed E-state index contributed by atoms with van der Waals surface area (Å²) >= 11 is 0. The third-order valence-corrected chi connectivity index (χ3v) is 7.59. The van der Waals surface area contributed by atoms with Gasteiger partial charge in [-0.2, -0.15) is 0 Å². The Hall–Kier alpha value is -4.32. The van der Waals surface area contributed by atoms with Crippen molar-refractivity contribution in [2.45, 2.75) is 24.2 Å². The summed E-state index contributed by atoms with van der Waals surface area (Å²) in [6.45, 7) is 0.425. The molecular formula is C25H17F3N4O4S. The minimum atomic E-state index is -4.89. The van der Waals surface area contributed by atoms with E-state index in [9.17, 15) is 26.4 Å². The molecule has 0 amide bonds. The highest BCUT2D eigenvalue weighted by atomic mass is 32.2. The smallest absolute Gasteiger partial charge is 0.406 e. The normalized spacial score (nSPS) is 13.4. The first-order chi connectivity index (χ1) is 17.6. The molecule has 0 saturated heterocycles. The third kappa shape index (κ3) is 4.08. The van der Waals surface area contributed by atoms with Crippen molar-refractivity contribution < 1.29 is 26.3 Å². The molecule has 0 atom stereocenters. The molecule has 6 rings (SSSR count). The first-order valence-electron chi connectivity index (χ1n) is 11.1. The molecule has 2 aromatic heterocycles. The fourth-order valence-electron chi connectivity index (χ4n) is 4.59. The van der Waals surface area contributed by atoms with E-state index in [2.05, 4.69) is 14.4 Å². The lowest BCUT2D eigenvalue weighted by atomic mass is 10.0. The summed E-state index contributed by atoms with van der Waals surface area (Å²) in [6, 6.07) is 16.1. The Kier molecular flexibility index (Phi) is 5.06. The van der Waals surface area contributed by atoms with E-state index >= 15 is 0 Å². The number of aromatic amines is 1. The minimum absolute atomic E-state index is 0.115. The topological polar surface area (TPSA) is 106 Å². The number of alkyl halides is 3. The highest BCUT2D eigenvalue weighted by molar-refractivity contribution is 7.92. The molecule has 12 heteroatoms. The number of benzene rings is 3. The maximum absolute atomic E-state index is 13.4. The Balaban J connectivity index is 1.35. The van der Waals surface area contributed by atoms with Crippen LogP contribution in [0.25, 0.3) is 33.3 Å². The number of aryl methyl sites for hydroxylation is 1. The van der Waals surface area contributed by atoms with Gasteiger partial charge in [0.05, 0.1) is 21.5 Å². The van der Waals surface area contributed by atoms with Crippen LogP contribution >= 0.6 is 0 Å². The number of sulfonamides is 1. The maximum atomic E-state index is 13.4. The van der Waals surface area contributed by atoms with Gasteiger partial charge in [0.15, 0.2) is 5.82 Å². The Labute approximate surface area is 207 Å². The monoisotopic (exact) mass is 526 g/mol. The third-order valence-electron chi connectivity index (χ3n) is 6.20. The first kappa shape index (κ1) is 23.1. The van der Waals surface area contributed by atoms with Crippen LogP contribution in [-0.2, 0) is 23.0 Å². The second kappa shape index (κ2) is 8.10. The molecule has 1 aliphatic heterocycles. The molecule has 5 aromatic rings. The zero-order valence-corrected chi connectivity index (χ0v) is 19.7. The number of H-pyrrole nitrogens is 1. The standard InChI is InChI=1S/C25H17F3N4O4S/c26-25(27,28)36-15-6-8-16(9-7-15)37(34,35)31-14-5-10-21-19(13-14)24(33)32-12-11-18-17-3-1-2-4-20(17)29-22(18)23(32)30-21/h1-10,13,29,31H,11-12H2. The van der Waals surface area contributed by atoms with Crippen LogP contribution in [0, 0.1) is 0 Å². The molecular weight excluding hydrogens is 509 g/mol. The van der Waals surface area contributed by atoms with Crippen molar-refractivity contribution in [3.05, 3.63) is 82.6 Å². The highest BCUT2D eigenvalue weighted by Gasteiger charge is 2.31. The molecule has 0 unspecified atom stereocenters. The fourth-order valence-corrected chi connectivity index (χ4v) is 5.64. The lowest BCUT2D eigenvalue weighted by Gasteiger charge is -2.19. The van der Waals surface area contributed by atoms with Crippen molar-refractivity contribution in [1.29, 1.82) is 0 Å². The van der Waals surface area contributed by atoms with Gasteiger partial charge in [-0.25, -0.2) is 13.4 Å². The van der Waals surface area contributed by atoms with Crippen LogP contribution in [0.5, 0.6) is 5.75 Å². The van der Waals surface area contributed by atoms with Gasteiger partial charge < -0.3 is 9.72 Å². The van der Waals surface area contributed by atoms with Gasteiger partial charge in [0.1, 0.15) is 5.75 Å². The van der Waals surface area contributed by atoms with E-state index in [4.69, 9.17) is 4.98 Å². The predicted octanol–water partition coefficient (Wildman–Crippen LogP) is 4.80. The quantitative estimate of drug-likeness (QED) is 0.350. The Bertz CT molecular complexity index is 1860. The van der Waals surface area contributed by atoms with Gasteiger partial charge in [-0.1, -0.05) is 18.2 Å². The molecule has 0 aliphatic carbocycles. The number of anilines is 1.